The van der Waals surface area contributed by atoms with E-state index in [0.717, 1.165) is 17.4 Å². The number of benzene rings is 1. The van der Waals surface area contributed by atoms with Crippen molar-refractivity contribution in [1.82, 2.24) is 15.2 Å². The molecule has 0 saturated carbocycles. The molecule has 1 unspecified atom stereocenters. The van der Waals surface area contributed by atoms with E-state index < -0.39 is 0 Å². The number of likely N-dealkylation sites (N-methyl/N-ethyl adjacent to an activating group) is 1. The number of H-pyrrole nitrogens is 1. The van der Waals surface area contributed by atoms with Crippen LogP contribution in [0.15, 0.2) is 30.3 Å². The highest BCUT2D eigenvalue weighted by atomic mass is 16.1. The van der Waals surface area contributed by atoms with Gasteiger partial charge in [0.2, 0.25) is 0 Å². The molecular formula is C14H19N3O. The molecule has 4 nitrogen and oxygen atoms in total. The Labute approximate surface area is 107 Å². The summed E-state index contributed by atoms with van der Waals surface area (Å²) in [7, 11) is 3.98. The number of nitrogens with zero attached hydrogens (tertiary/aromatic N) is 1. The van der Waals surface area contributed by atoms with Crippen molar-refractivity contribution >= 4 is 16.8 Å². The Morgan fingerprint density at radius 2 is 2.11 bits per heavy atom. The Morgan fingerprint density at radius 3 is 2.78 bits per heavy atom. The number of carbonyl (C=O) groups excluding carboxylic acids is 1. The fourth-order valence-electron chi connectivity index (χ4n) is 2.09. The third kappa shape index (κ3) is 2.90. The lowest BCUT2D eigenvalue weighted by atomic mass is 10.2. The van der Waals surface area contributed by atoms with Gasteiger partial charge in [-0.3, -0.25) is 4.79 Å². The van der Waals surface area contributed by atoms with Crippen molar-refractivity contribution in [3.8, 4) is 0 Å². The number of fused-ring (bicyclic) bond motifs is 1. The molecule has 2 aromatic rings. The monoisotopic (exact) mass is 245 g/mol. The second-order valence-electron chi connectivity index (χ2n) is 4.91. The Morgan fingerprint density at radius 1 is 1.39 bits per heavy atom. The minimum Gasteiger partial charge on any atom is -0.351 e. The first-order chi connectivity index (χ1) is 8.56. The minimum absolute atomic E-state index is 0.0550. The van der Waals surface area contributed by atoms with Gasteiger partial charge in [-0.15, -0.1) is 0 Å². The number of aromatic amines is 1. The van der Waals surface area contributed by atoms with E-state index in [1.807, 2.05) is 51.4 Å². The quantitative estimate of drug-likeness (QED) is 0.863. The number of hydrogen-bond acceptors (Lipinski definition) is 2. The van der Waals surface area contributed by atoms with Gasteiger partial charge in [0.05, 0.1) is 0 Å². The van der Waals surface area contributed by atoms with Crippen molar-refractivity contribution in [2.45, 2.75) is 13.0 Å². The molecule has 1 amide bonds. The number of aromatic nitrogens is 1. The summed E-state index contributed by atoms with van der Waals surface area (Å²) in [6.45, 7) is 2.83. The first kappa shape index (κ1) is 12.6. The van der Waals surface area contributed by atoms with Crippen LogP contribution in [0.3, 0.4) is 0 Å². The predicted molar refractivity (Wildman–Crippen MR) is 73.8 cm³/mol. The van der Waals surface area contributed by atoms with Gasteiger partial charge in [-0.2, -0.15) is 0 Å². The molecular weight excluding hydrogens is 226 g/mol. The van der Waals surface area contributed by atoms with Crippen LogP contribution in [0.4, 0.5) is 0 Å². The molecule has 2 N–H and O–H groups in total. The van der Waals surface area contributed by atoms with Crippen LogP contribution in [-0.2, 0) is 0 Å². The number of amides is 1. The molecule has 1 heterocycles. The lowest BCUT2D eigenvalue weighted by Crippen LogP contribution is -2.39. The number of para-hydroxylation sites is 1. The van der Waals surface area contributed by atoms with Gasteiger partial charge in [0.25, 0.3) is 5.91 Å². The average Bonchev–Trinajstić information content (AvgIpc) is 2.71. The Bertz CT molecular complexity index is 512. The molecule has 0 radical (unpaired) electrons. The van der Waals surface area contributed by atoms with Crippen molar-refractivity contribution in [2.75, 3.05) is 20.6 Å². The molecule has 0 aliphatic carbocycles. The van der Waals surface area contributed by atoms with Gasteiger partial charge in [0.15, 0.2) is 0 Å². The van der Waals surface area contributed by atoms with Gasteiger partial charge in [-0.25, -0.2) is 0 Å². The van der Waals surface area contributed by atoms with Crippen LogP contribution < -0.4 is 5.32 Å². The van der Waals surface area contributed by atoms with Crippen molar-refractivity contribution in [1.29, 1.82) is 0 Å². The maximum atomic E-state index is 12.0. The van der Waals surface area contributed by atoms with E-state index in [4.69, 9.17) is 0 Å². The molecule has 4 heteroatoms. The summed E-state index contributed by atoms with van der Waals surface area (Å²) in [4.78, 5) is 17.2. The molecule has 1 aromatic heterocycles. The topological polar surface area (TPSA) is 48.1 Å². The second kappa shape index (κ2) is 5.23. The predicted octanol–water partition coefficient (Wildman–Crippen LogP) is 1.85. The smallest absolute Gasteiger partial charge is 0.267 e. The molecule has 96 valence electrons. The molecule has 0 saturated heterocycles. The molecule has 0 spiro atoms. The summed E-state index contributed by atoms with van der Waals surface area (Å²) in [5.74, 6) is -0.0550. The summed E-state index contributed by atoms with van der Waals surface area (Å²) in [6, 6.07) is 9.88. The van der Waals surface area contributed by atoms with Gasteiger partial charge in [0.1, 0.15) is 5.69 Å². The zero-order chi connectivity index (χ0) is 13.1. The van der Waals surface area contributed by atoms with Crippen LogP contribution in [0.2, 0.25) is 0 Å². The summed E-state index contributed by atoms with van der Waals surface area (Å²) in [5, 5.41) is 4.03. The van der Waals surface area contributed by atoms with Gasteiger partial charge in [-0.1, -0.05) is 18.2 Å². The van der Waals surface area contributed by atoms with E-state index in [9.17, 15) is 4.79 Å². The fraction of sp³-hybridized carbons (Fsp3) is 0.357. The summed E-state index contributed by atoms with van der Waals surface area (Å²) in [5.41, 5.74) is 1.60. The molecule has 18 heavy (non-hydrogen) atoms. The fourth-order valence-corrected chi connectivity index (χ4v) is 2.09. The van der Waals surface area contributed by atoms with E-state index in [0.29, 0.717) is 5.69 Å². The van der Waals surface area contributed by atoms with Gasteiger partial charge >= 0.3 is 0 Å². The molecule has 2 rings (SSSR count). The molecule has 0 aliphatic heterocycles. The van der Waals surface area contributed by atoms with Crippen molar-refractivity contribution < 1.29 is 4.79 Å². The lowest BCUT2D eigenvalue weighted by molar-refractivity contribution is 0.0930. The first-order valence-corrected chi connectivity index (χ1v) is 6.09. The first-order valence-electron chi connectivity index (χ1n) is 6.09. The number of hydrogen-bond donors (Lipinski definition) is 2. The third-order valence-electron chi connectivity index (χ3n) is 2.79. The van der Waals surface area contributed by atoms with E-state index in [2.05, 4.69) is 15.2 Å². The van der Waals surface area contributed by atoms with Crippen LogP contribution in [-0.4, -0.2) is 42.5 Å². The van der Waals surface area contributed by atoms with Crippen molar-refractivity contribution in [2.24, 2.45) is 0 Å². The maximum Gasteiger partial charge on any atom is 0.267 e. The number of carbonyl (C=O) groups is 1. The van der Waals surface area contributed by atoms with Gasteiger partial charge in [-0.05, 0) is 33.2 Å². The highest BCUT2D eigenvalue weighted by molar-refractivity contribution is 5.98. The summed E-state index contributed by atoms with van der Waals surface area (Å²) in [6.07, 6.45) is 0. The molecule has 1 atom stereocenters. The molecule has 0 bridgehead atoms. The largest absolute Gasteiger partial charge is 0.351 e. The number of nitrogens with one attached hydrogen (secondary N) is 2. The van der Waals surface area contributed by atoms with Gasteiger partial charge < -0.3 is 15.2 Å². The van der Waals surface area contributed by atoms with Crippen LogP contribution >= 0.6 is 0 Å². The zero-order valence-electron chi connectivity index (χ0n) is 11.0. The zero-order valence-corrected chi connectivity index (χ0v) is 11.0. The maximum absolute atomic E-state index is 12.0. The summed E-state index contributed by atoms with van der Waals surface area (Å²) >= 11 is 0. The third-order valence-corrected chi connectivity index (χ3v) is 2.79. The SMILES string of the molecule is CC(CN(C)C)NC(=O)c1cc2ccccc2[nH]1. The van der Waals surface area contributed by atoms with E-state index >= 15 is 0 Å². The Hall–Kier alpha value is -1.81. The van der Waals surface area contributed by atoms with Crippen LogP contribution in [0.5, 0.6) is 0 Å². The highest BCUT2D eigenvalue weighted by Crippen LogP contribution is 2.14. The van der Waals surface area contributed by atoms with Crippen molar-refractivity contribution in [3.05, 3.63) is 36.0 Å². The lowest BCUT2D eigenvalue weighted by Gasteiger charge is -2.17. The Kier molecular flexibility index (Phi) is 3.67. The van der Waals surface area contributed by atoms with E-state index in [1.165, 1.54) is 0 Å². The van der Waals surface area contributed by atoms with Crippen LogP contribution in [0.25, 0.3) is 10.9 Å². The second-order valence-corrected chi connectivity index (χ2v) is 4.91. The standard InChI is InChI=1S/C14H19N3O/c1-10(9-17(2)3)15-14(18)13-8-11-6-4-5-7-12(11)16-13/h4-8,10,16H,9H2,1-3H3,(H,15,18). The van der Waals surface area contributed by atoms with Crippen molar-refractivity contribution in [3.63, 3.8) is 0 Å². The van der Waals surface area contributed by atoms with Crippen LogP contribution in [0.1, 0.15) is 17.4 Å². The van der Waals surface area contributed by atoms with Crippen LogP contribution in [0, 0.1) is 0 Å². The minimum atomic E-state index is -0.0550. The average molecular weight is 245 g/mol. The Balaban J connectivity index is 2.09. The highest BCUT2D eigenvalue weighted by Gasteiger charge is 2.12. The molecule has 0 fully saturated rings. The normalized spacial score (nSPS) is 12.9. The van der Waals surface area contributed by atoms with E-state index in [-0.39, 0.29) is 11.9 Å². The molecule has 1 aromatic carbocycles. The van der Waals surface area contributed by atoms with E-state index in [1.54, 1.807) is 0 Å². The van der Waals surface area contributed by atoms with Gasteiger partial charge in [0, 0.05) is 23.5 Å². The number of rotatable bonds is 4. The summed E-state index contributed by atoms with van der Waals surface area (Å²) < 4.78 is 0. The molecule has 0 aliphatic rings.